The number of rotatable bonds is 8. The SMILES string of the molecule is CCNCc1cncc(NC(=O)c2c(N)ncn(-c3c(Cl)cc(OC(F)F)cc3Cl)c2=O)c1. The first-order valence-corrected chi connectivity index (χ1v) is 10.2. The van der Waals surface area contributed by atoms with Crippen LogP contribution in [0.1, 0.15) is 22.8 Å². The predicted molar refractivity (Wildman–Crippen MR) is 120 cm³/mol. The molecule has 0 saturated heterocycles. The molecule has 4 N–H and O–H groups in total. The zero-order chi connectivity index (χ0) is 24.1. The van der Waals surface area contributed by atoms with E-state index in [2.05, 4.69) is 25.3 Å². The van der Waals surface area contributed by atoms with E-state index < -0.39 is 23.6 Å². The van der Waals surface area contributed by atoms with Gasteiger partial charge in [0.15, 0.2) is 0 Å². The minimum atomic E-state index is -3.09. The Morgan fingerprint density at radius 3 is 2.58 bits per heavy atom. The summed E-state index contributed by atoms with van der Waals surface area (Å²) in [6.45, 7) is 0.151. The number of halogens is 4. The lowest BCUT2D eigenvalue weighted by molar-refractivity contribution is -0.0498. The molecule has 2 heterocycles. The fourth-order valence-electron chi connectivity index (χ4n) is 2.90. The minimum absolute atomic E-state index is 0.0826. The Balaban J connectivity index is 1.97. The Morgan fingerprint density at radius 1 is 1.24 bits per heavy atom. The number of nitrogens with two attached hydrogens (primary N) is 1. The predicted octanol–water partition coefficient (Wildman–Crippen LogP) is 3.48. The number of nitrogens with zero attached hydrogens (tertiary/aromatic N) is 3. The summed E-state index contributed by atoms with van der Waals surface area (Å²) in [5.74, 6) is -1.45. The van der Waals surface area contributed by atoms with E-state index in [1.54, 1.807) is 12.3 Å². The first-order valence-electron chi connectivity index (χ1n) is 9.48. The molecule has 0 aliphatic heterocycles. The number of nitrogens with one attached hydrogen (secondary N) is 2. The molecule has 0 spiro atoms. The van der Waals surface area contributed by atoms with Crippen LogP contribution in [0.2, 0.25) is 10.0 Å². The minimum Gasteiger partial charge on any atom is -0.435 e. The number of nitrogen functional groups attached to an aromatic ring is 1. The van der Waals surface area contributed by atoms with Gasteiger partial charge < -0.3 is 21.1 Å². The van der Waals surface area contributed by atoms with Gasteiger partial charge in [-0.25, -0.2) is 4.98 Å². The molecule has 0 aliphatic rings. The molecule has 0 bridgehead atoms. The van der Waals surface area contributed by atoms with Crippen LogP contribution in [0.15, 0.2) is 41.7 Å². The Kier molecular flexibility index (Phi) is 7.79. The molecule has 1 aromatic carbocycles. The number of aromatic nitrogens is 3. The summed E-state index contributed by atoms with van der Waals surface area (Å²) in [4.78, 5) is 33.9. The maximum absolute atomic E-state index is 13.1. The smallest absolute Gasteiger partial charge is 0.387 e. The second-order valence-corrected chi connectivity index (χ2v) is 7.42. The van der Waals surface area contributed by atoms with Crippen LogP contribution in [0.3, 0.4) is 0 Å². The Morgan fingerprint density at radius 2 is 1.94 bits per heavy atom. The average molecular weight is 499 g/mol. The van der Waals surface area contributed by atoms with E-state index in [1.165, 1.54) is 6.20 Å². The second kappa shape index (κ2) is 10.6. The number of anilines is 2. The fraction of sp³-hybridized carbons (Fsp3) is 0.200. The number of ether oxygens (including phenoxy) is 1. The van der Waals surface area contributed by atoms with E-state index in [9.17, 15) is 18.4 Å². The van der Waals surface area contributed by atoms with Crippen molar-refractivity contribution in [2.24, 2.45) is 0 Å². The third kappa shape index (κ3) is 5.75. The van der Waals surface area contributed by atoms with Gasteiger partial charge in [0, 0.05) is 24.9 Å². The highest BCUT2D eigenvalue weighted by molar-refractivity contribution is 6.38. The van der Waals surface area contributed by atoms with E-state index in [4.69, 9.17) is 28.9 Å². The van der Waals surface area contributed by atoms with Gasteiger partial charge in [-0.1, -0.05) is 30.1 Å². The molecule has 2 aromatic heterocycles. The summed E-state index contributed by atoms with van der Waals surface area (Å²) >= 11 is 12.3. The van der Waals surface area contributed by atoms with Crippen molar-refractivity contribution in [2.45, 2.75) is 20.1 Å². The van der Waals surface area contributed by atoms with Gasteiger partial charge in [-0.3, -0.25) is 19.1 Å². The third-order valence-corrected chi connectivity index (χ3v) is 4.89. The summed E-state index contributed by atoms with van der Waals surface area (Å²) in [6.07, 6.45) is 4.07. The Labute approximate surface area is 196 Å². The molecule has 0 atom stereocenters. The second-order valence-electron chi connectivity index (χ2n) is 6.61. The van der Waals surface area contributed by atoms with Crippen LogP contribution in [0.5, 0.6) is 5.75 Å². The quantitative estimate of drug-likeness (QED) is 0.434. The molecular weight excluding hydrogens is 481 g/mol. The van der Waals surface area contributed by atoms with E-state index in [0.29, 0.717) is 12.2 Å². The standard InChI is InChI=1S/C20H18Cl2F2N6O3/c1-2-26-6-10-3-11(8-27-7-10)29-18(31)15-17(25)28-9-30(19(15)32)16-13(21)4-12(5-14(16)22)33-20(23)24/h3-5,7-9,20,26H,2,6,25H2,1H3,(H,29,31). The van der Waals surface area contributed by atoms with Crippen molar-refractivity contribution in [3.63, 3.8) is 0 Å². The van der Waals surface area contributed by atoms with E-state index in [-0.39, 0.29) is 27.3 Å². The lowest BCUT2D eigenvalue weighted by Crippen LogP contribution is -2.31. The van der Waals surface area contributed by atoms with Gasteiger partial charge in [0.05, 0.1) is 27.6 Å². The van der Waals surface area contributed by atoms with Gasteiger partial charge in [-0.2, -0.15) is 8.78 Å². The first-order chi connectivity index (χ1) is 15.7. The van der Waals surface area contributed by atoms with Crippen molar-refractivity contribution in [3.8, 4) is 11.4 Å². The lowest BCUT2D eigenvalue weighted by atomic mass is 10.2. The van der Waals surface area contributed by atoms with Crippen LogP contribution in [-0.2, 0) is 6.54 Å². The van der Waals surface area contributed by atoms with Crippen LogP contribution >= 0.6 is 23.2 Å². The van der Waals surface area contributed by atoms with Crippen LogP contribution in [0.25, 0.3) is 5.69 Å². The normalized spacial score (nSPS) is 11.0. The molecule has 0 unspecified atom stereocenters. The van der Waals surface area contributed by atoms with Crippen LogP contribution in [0.4, 0.5) is 20.3 Å². The highest BCUT2D eigenvalue weighted by atomic mass is 35.5. The number of carbonyl (C=O) groups is 1. The number of alkyl halides is 2. The fourth-order valence-corrected chi connectivity index (χ4v) is 3.55. The van der Waals surface area contributed by atoms with Gasteiger partial charge in [-0.05, 0) is 18.2 Å². The zero-order valence-corrected chi connectivity index (χ0v) is 18.6. The van der Waals surface area contributed by atoms with Crippen molar-refractivity contribution in [1.82, 2.24) is 19.9 Å². The maximum Gasteiger partial charge on any atom is 0.387 e. The van der Waals surface area contributed by atoms with E-state index in [0.717, 1.165) is 35.1 Å². The first kappa shape index (κ1) is 24.4. The lowest BCUT2D eigenvalue weighted by Gasteiger charge is -2.14. The average Bonchev–Trinajstić information content (AvgIpc) is 2.73. The summed E-state index contributed by atoms with van der Waals surface area (Å²) in [7, 11) is 0. The number of hydrogen-bond acceptors (Lipinski definition) is 7. The van der Waals surface area contributed by atoms with E-state index in [1.807, 2.05) is 6.92 Å². The van der Waals surface area contributed by atoms with Crippen molar-refractivity contribution in [2.75, 3.05) is 17.6 Å². The summed E-state index contributed by atoms with van der Waals surface area (Å²) in [5, 5.41) is 5.33. The molecule has 13 heteroatoms. The van der Waals surface area contributed by atoms with Crippen LogP contribution in [0, 0.1) is 0 Å². The molecule has 0 saturated carbocycles. The zero-order valence-electron chi connectivity index (χ0n) is 17.1. The molecule has 0 radical (unpaired) electrons. The Hall–Kier alpha value is -3.28. The summed E-state index contributed by atoms with van der Waals surface area (Å²) in [6, 6.07) is 3.80. The monoisotopic (exact) mass is 498 g/mol. The number of pyridine rings is 1. The van der Waals surface area contributed by atoms with Crippen molar-refractivity contribution < 1.29 is 18.3 Å². The van der Waals surface area contributed by atoms with Crippen LogP contribution in [-0.4, -0.2) is 33.6 Å². The number of benzene rings is 1. The summed E-state index contributed by atoms with van der Waals surface area (Å²) in [5.41, 5.74) is 5.53. The number of hydrogen-bond donors (Lipinski definition) is 3. The molecule has 174 valence electrons. The molecule has 0 fully saturated rings. The van der Waals surface area contributed by atoms with Crippen LogP contribution < -0.4 is 26.7 Å². The molecule has 0 aliphatic carbocycles. The van der Waals surface area contributed by atoms with Crippen molar-refractivity contribution >= 4 is 40.6 Å². The molecule has 3 aromatic rings. The third-order valence-electron chi connectivity index (χ3n) is 4.32. The number of amides is 1. The summed E-state index contributed by atoms with van der Waals surface area (Å²) < 4.78 is 30.1. The van der Waals surface area contributed by atoms with Gasteiger partial charge in [0.25, 0.3) is 11.5 Å². The molecule has 9 nitrogen and oxygen atoms in total. The topological polar surface area (TPSA) is 124 Å². The van der Waals surface area contributed by atoms with E-state index >= 15 is 0 Å². The van der Waals surface area contributed by atoms with Gasteiger partial charge >= 0.3 is 6.61 Å². The van der Waals surface area contributed by atoms with Crippen molar-refractivity contribution in [3.05, 3.63) is 68.4 Å². The van der Waals surface area contributed by atoms with Crippen molar-refractivity contribution in [1.29, 1.82) is 0 Å². The van der Waals surface area contributed by atoms with Gasteiger partial charge in [-0.15, -0.1) is 0 Å². The van der Waals surface area contributed by atoms with Gasteiger partial charge in [0.1, 0.15) is 23.5 Å². The number of carbonyl (C=O) groups excluding carboxylic acids is 1. The highest BCUT2D eigenvalue weighted by Gasteiger charge is 2.22. The van der Waals surface area contributed by atoms with Gasteiger partial charge in [0.2, 0.25) is 0 Å². The Bertz CT molecular complexity index is 1220. The highest BCUT2D eigenvalue weighted by Crippen LogP contribution is 2.33. The largest absolute Gasteiger partial charge is 0.435 e. The maximum atomic E-state index is 13.1. The molecule has 3 rings (SSSR count). The molecular formula is C20H18Cl2F2N6O3. The molecule has 33 heavy (non-hydrogen) atoms. The molecule has 1 amide bonds.